The molecule has 0 unspecified atom stereocenters. The second kappa shape index (κ2) is 4.70. The average molecular weight is 269 g/mol. The molecule has 4 nitrogen and oxygen atoms in total. The summed E-state index contributed by atoms with van der Waals surface area (Å²) in [5.41, 5.74) is 7.28. The van der Waals surface area contributed by atoms with Crippen LogP contribution in [0.1, 0.15) is 9.67 Å². The number of thiophene rings is 1. The van der Waals surface area contributed by atoms with Crippen LogP contribution in [0.3, 0.4) is 0 Å². The quantitative estimate of drug-likeness (QED) is 0.751. The van der Waals surface area contributed by atoms with E-state index in [4.69, 9.17) is 5.73 Å². The first-order valence-electron chi connectivity index (χ1n) is 5.74. The number of nitrogen functional groups attached to an aromatic ring is 1. The first-order valence-corrected chi connectivity index (χ1v) is 6.56. The fourth-order valence-corrected chi connectivity index (χ4v) is 2.83. The van der Waals surface area contributed by atoms with Crippen molar-refractivity contribution in [1.82, 2.24) is 4.98 Å². The lowest BCUT2D eigenvalue weighted by Gasteiger charge is -2.03. The van der Waals surface area contributed by atoms with Gasteiger partial charge < -0.3 is 11.1 Å². The van der Waals surface area contributed by atoms with Gasteiger partial charge in [-0.25, -0.2) is 0 Å². The van der Waals surface area contributed by atoms with Crippen molar-refractivity contribution in [3.05, 3.63) is 53.7 Å². The van der Waals surface area contributed by atoms with Crippen molar-refractivity contribution in [2.45, 2.75) is 0 Å². The summed E-state index contributed by atoms with van der Waals surface area (Å²) in [7, 11) is 0. The topological polar surface area (TPSA) is 68.0 Å². The van der Waals surface area contributed by atoms with Crippen molar-refractivity contribution in [1.29, 1.82) is 0 Å². The normalized spacial score (nSPS) is 10.5. The van der Waals surface area contributed by atoms with Crippen molar-refractivity contribution in [2.24, 2.45) is 0 Å². The molecule has 2 aromatic heterocycles. The lowest BCUT2D eigenvalue weighted by molar-refractivity contribution is 0.103. The summed E-state index contributed by atoms with van der Waals surface area (Å²) in [4.78, 5) is 16.8. The molecule has 19 heavy (non-hydrogen) atoms. The Morgan fingerprint density at radius 1 is 1.21 bits per heavy atom. The Labute approximate surface area is 113 Å². The highest BCUT2D eigenvalue weighted by atomic mass is 32.1. The van der Waals surface area contributed by atoms with Crippen molar-refractivity contribution < 1.29 is 4.79 Å². The monoisotopic (exact) mass is 269 g/mol. The fraction of sp³-hybridized carbons (Fsp3) is 0. The van der Waals surface area contributed by atoms with E-state index in [1.807, 2.05) is 36.4 Å². The summed E-state index contributed by atoms with van der Waals surface area (Å²) in [6.45, 7) is 0. The first-order chi connectivity index (χ1) is 9.25. The second-order valence-electron chi connectivity index (χ2n) is 4.04. The van der Waals surface area contributed by atoms with Crippen molar-refractivity contribution in [3.63, 3.8) is 0 Å². The Hall–Kier alpha value is -2.40. The van der Waals surface area contributed by atoms with Gasteiger partial charge in [0, 0.05) is 23.5 Å². The molecule has 0 aliphatic rings. The van der Waals surface area contributed by atoms with Gasteiger partial charge >= 0.3 is 0 Å². The molecule has 1 aromatic carbocycles. The van der Waals surface area contributed by atoms with E-state index in [9.17, 15) is 4.79 Å². The third-order valence-electron chi connectivity index (χ3n) is 2.77. The Morgan fingerprint density at radius 3 is 2.74 bits per heavy atom. The molecule has 3 N–H and O–H groups in total. The minimum Gasteiger partial charge on any atom is -0.397 e. The van der Waals surface area contributed by atoms with Crippen molar-refractivity contribution in [3.8, 4) is 0 Å². The molecule has 3 rings (SSSR count). The molecule has 0 radical (unpaired) electrons. The third-order valence-corrected chi connectivity index (χ3v) is 3.92. The Morgan fingerprint density at radius 2 is 2.00 bits per heavy atom. The van der Waals surface area contributed by atoms with E-state index in [0.29, 0.717) is 10.6 Å². The Bertz CT molecular complexity index is 737. The highest BCUT2D eigenvalue weighted by molar-refractivity contribution is 7.21. The number of rotatable bonds is 2. The van der Waals surface area contributed by atoms with Gasteiger partial charge in [0.2, 0.25) is 0 Å². The number of hydrogen-bond acceptors (Lipinski definition) is 4. The molecule has 2 heterocycles. The third kappa shape index (κ3) is 2.15. The summed E-state index contributed by atoms with van der Waals surface area (Å²) in [5.74, 6) is -0.190. The summed E-state index contributed by atoms with van der Waals surface area (Å²) < 4.78 is 0.915. The van der Waals surface area contributed by atoms with Crippen molar-refractivity contribution >= 4 is 38.7 Å². The van der Waals surface area contributed by atoms with Crippen LogP contribution in [0, 0.1) is 0 Å². The molecule has 0 bridgehead atoms. The molecule has 0 atom stereocenters. The Kier molecular flexibility index (Phi) is 2.89. The SMILES string of the molecule is Nc1c(C(=O)Nc2ccccc2)sc2cnccc12. The van der Waals surface area contributed by atoms with Gasteiger partial charge in [-0.15, -0.1) is 11.3 Å². The van der Waals surface area contributed by atoms with Crippen LogP contribution in [0.25, 0.3) is 10.1 Å². The largest absolute Gasteiger partial charge is 0.397 e. The van der Waals surface area contributed by atoms with E-state index in [-0.39, 0.29) is 5.91 Å². The maximum Gasteiger partial charge on any atom is 0.267 e. The van der Waals surface area contributed by atoms with Crippen LogP contribution >= 0.6 is 11.3 Å². The molecule has 0 saturated carbocycles. The zero-order chi connectivity index (χ0) is 13.2. The standard InChI is InChI=1S/C14H11N3OS/c15-12-10-6-7-16-8-11(10)19-13(12)14(18)17-9-4-2-1-3-5-9/h1-8H,15H2,(H,17,18). The number of aromatic nitrogens is 1. The number of amides is 1. The smallest absolute Gasteiger partial charge is 0.267 e. The van der Waals surface area contributed by atoms with Crippen LogP contribution < -0.4 is 11.1 Å². The number of nitrogens with zero attached hydrogens (tertiary/aromatic N) is 1. The summed E-state index contributed by atoms with van der Waals surface area (Å²) in [6, 6.07) is 11.1. The van der Waals surface area contributed by atoms with Crippen molar-refractivity contribution in [2.75, 3.05) is 11.1 Å². The van der Waals surface area contributed by atoms with Gasteiger partial charge in [0.25, 0.3) is 5.91 Å². The predicted octanol–water partition coefficient (Wildman–Crippen LogP) is 3.13. The number of benzene rings is 1. The molecule has 3 aromatic rings. The average Bonchev–Trinajstić information content (AvgIpc) is 2.78. The lowest BCUT2D eigenvalue weighted by Crippen LogP contribution is -2.11. The van der Waals surface area contributed by atoms with Gasteiger partial charge in [-0.05, 0) is 18.2 Å². The van der Waals surface area contributed by atoms with Gasteiger partial charge in [-0.1, -0.05) is 18.2 Å². The van der Waals surface area contributed by atoms with Gasteiger partial charge in [-0.2, -0.15) is 0 Å². The zero-order valence-electron chi connectivity index (χ0n) is 9.96. The molecular formula is C14H11N3OS. The second-order valence-corrected chi connectivity index (χ2v) is 5.09. The molecule has 0 aliphatic carbocycles. The summed E-state index contributed by atoms with van der Waals surface area (Å²) in [5, 5.41) is 3.70. The number of nitrogens with two attached hydrogens (primary N) is 1. The van der Waals surface area contributed by atoms with E-state index < -0.39 is 0 Å². The number of anilines is 2. The van der Waals surface area contributed by atoms with Crippen LogP contribution in [0.5, 0.6) is 0 Å². The van der Waals surface area contributed by atoms with Crippen LogP contribution in [0.4, 0.5) is 11.4 Å². The highest BCUT2D eigenvalue weighted by Gasteiger charge is 2.16. The number of pyridine rings is 1. The van der Waals surface area contributed by atoms with E-state index >= 15 is 0 Å². The van der Waals surface area contributed by atoms with Crippen LogP contribution in [-0.4, -0.2) is 10.9 Å². The molecule has 0 fully saturated rings. The molecular weight excluding hydrogens is 258 g/mol. The predicted molar refractivity (Wildman–Crippen MR) is 78.4 cm³/mol. The van der Waals surface area contributed by atoms with Gasteiger partial charge in [0.05, 0.1) is 10.4 Å². The fourth-order valence-electron chi connectivity index (χ4n) is 1.85. The highest BCUT2D eigenvalue weighted by Crippen LogP contribution is 2.33. The van der Waals surface area contributed by atoms with Crippen LogP contribution in [0.2, 0.25) is 0 Å². The van der Waals surface area contributed by atoms with E-state index in [1.54, 1.807) is 12.4 Å². The first kappa shape index (κ1) is 11.7. The zero-order valence-corrected chi connectivity index (χ0v) is 10.8. The molecule has 0 saturated heterocycles. The number of carbonyl (C=O) groups is 1. The van der Waals surface area contributed by atoms with E-state index in [2.05, 4.69) is 10.3 Å². The number of carbonyl (C=O) groups excluding carboxylic acids is 1. The molecule has 1 amide bonds. The number of hydrogen-bond donors (Lipinski definition) is 2. The molecule has 0 spiro atoms. The lowest BCUT2D eigenvalue weighted by atomic mass is 10.2. The maximum atomic E-state index is 12.2. The Balaban J connectivity index is 1.96. The van der Waals surface area contributed by atoms with Gasteiger partial charge in [0.1, 0.15) is 4.88 Å². The number of fused-ring (bicyclic) bond motifs is 1. The number of para-hydroxylation sites is 1. The van der Waals surface area contributed by atoms with E-state index in [0.717, 1.165) is 15.8 Å². The molecule has 5 heteroatoms. The van der Waals surface area contributed by atoms with Gasteiger partial charge in [-0.3, -0.25) is 9.78 Å². The van der Waals surface area contributed by atoms with Gasteiger partial charge in [0.15, 0.2) is 0 Å². The molecule has 94 valence electrons. The summed E-state index contributed by atoms with van der Waals surface area (Å²) >= 11 is 1.35. The van der Waals surface area contributed by atoms with Crippen LogP contribution in [-0.2, 0) is 0 Å². The minimum atomic E-state index is -0.190. The molecule has 0 aliphatic heterocycles. The number of nitrogens with one attached hydrogen (secondary N) is 1. The minimum absolute atomic E-state index is 0.190. The maximum absolute atomic E-state index is 12.2. The summed E-state index contributed by atoms with van der Waals surface area (Å²) in [6.07, 6.45) is 3.39. The van der Waals surface area contributed by atoms with E-state index in [1.165, 1.54) is 11.3 Å². The van der Waals surface area contributed by atoms with Crippen LogP contribution in [0.15, 0.2) is 48.8 Å².